The molecule has 0 spiro atoms. The fourth-order valence-electron chi connectivity index (χ4n) is 1.97. The quantitative estimate of drug-likeness (QED) is 0.828. The van der Waals surface area contributed by atoms with E-state index in [1.807, 2.05) is 12.1 Å². The van der Waals surface area contributed by atoms with Crippen molar-refractivity contribution in [2.24, 2.45) is 0 Å². The number of hydrogen-bond acceptors (Lipinski definition) is 4. The third-order valence-corrected chi connectivity index (χ3v) is 2.95. The highest BCUT2D eigenvalue weighted by Crippen LogP contribution is 2.25. The fraction of sp³-hybridized carbons (Fsp3) is 0.188. The number of carbonyl (C=O) groups is 1. The molecule has 2 rings (SSSR count). The van der Waals surface area contributed by atoms with Crippen molar-refractivity contribution in [1.29, 1.82) is 0 Å². The van der Waals surface area contributed by atoms with Crippen LogP contribution in [0.5, 0.6) is 11.5 Å². The van der Waals surface area contributed by atoms with Gasteiger partial charge in [-0.2, -0.15) is 0 Å². The van der Waals surface area contributed by atoms with Crippen LogP contribution in [0, 0.1) is 0 Å². The lowest BCUT2D eigenvalue weighted by Gasteiger charge is -2.10. The summed E-state index contributed by atoms with van der Waals surface area (Å²) in [6.07, 6.45) is 0.255. The predicted octanol–water partition coefficient (Wildman–Crippen LogP) is 2.47. The third-order valence-electron chi connectivity index (χ3n) is 2.95. The largest absolute Gasteiger partial charge is 0.497 e. The Morgan fingerprint density at radius 2 is 1.76 bits per heavy atom. The molecule has 0 aromatic heterocycles. The number of ether oxygens (including phenoxy) is 2. The second-order valence-electron chi connectivity index (χ2n) is 4.57. The lowest BCUT2D eigenvalue weighted by Crippen LogP contribution is -2.14. The minimum atomic E-state index is -0.129. The number of nitrogen functional groups attached to an aromatic ring is 1. The first-order valence-electron chi connectivity index (χ1n) is 6.48. The van der Waals surface area contributed by atoms with Crippen LogP contribution in [0.25, 0.3) is 0 Å². The van der Waals surface area contributed by atoms with Gasteiger partial charge in [-0.3, -0.25) is 4.79 Å². The van der Waals surface area contributed by atoms with Crippen LogP contribution in [0.3, 0.4) is 0 Å². The molecule has 1 amide bonds. The van der Waals surface area contributed by atoms with Gasteiger partial charge in [-0.15, -0.1) is 0 Å². The first-order valence-corrected chi connectivity index (χ1v) is 6.48. The van der Waals surface area contributed by atoms with Gasteiger partial charge in [0, 0.05) is 29.6 Å². The lowest BCUT2D eigenvalue weighted by molar-refractivity contribution is -0.115. The second kappa shape index (κ2) is 6.65. The van der Waals surface area contributed by atoms with Crippen LogP contribution in [0.15, 0.2) is 42.5 Å². The van der Waals surface area contributed by atoms with Crippen molar-refractivity contribution in [2.75, 3.05) is 25.3 Å². The van der Waals surface area contributed by atoms with Gasteiger partial charge in [-0.1, -0.05) is 12.1 Å². The Morgan fingerprint density at radius 3 is 2.33 bits per heavy atom. The van der Waals surface area contributed by atoms with Gasteiger partial charge in [0.1, 0.15) is 11.5 Å². The van der Waals surface area contributed by atoms with E-state index in [1.165, 1.54) is 0 Å². The van der Waals surface area contributed by atoms with Crippen molar-refractivity contribution in [2.45, 2.75) is 6.42 Å². The molecule has 21 heavy (non-hydrogen) atoms. The summed E-state index contributed by atoms with van der Waals surface area (Å²) in [6, 6.07) is 12.5. The average molecular weight is 286 g/mol. The monoisotopic (exact) mass is 286 g/mol. The molecule has 0 aliphatic carbocycles. The first-order chi connectivity index (χ1) is 10.1. The Kier molecular flexibility index (Phi) is 4.66. The SMILES string of the molecule is COc1cc(NC(=O)Cc2cccc(N)c2)cc(OC)c1. The van der Waals surface area contributed by atoms with E-state index >= 15 is 0 Å². The van der Waals surface area contributed by atoms with Crippen LogP contribution in [-0.4, -0.2) is 20.1 Å². The molecule has 0 bridgehead atoms. The summed E-state index contributed by atoms with van der Waals surface area (Å²) in [7, 11) is 3.13. The summed E-state index contributed by atoms with van der Waals surface area (Å²) in [5, 5.41) is 2.82. The smallest absolute Gasteiger partial charge is 0.228 e. The molecule has 0 fully saturated rings. The van der Waals surface area contributed by atoms with E-state index < -0.39 is 0 Å². The first kappa shape index (κ1) is 14.7. The zero-order chi connectivity index (χ0) is 15.2. The highest BCUT2D eigenvalue weighted by molar-refractivity contribution is 5.92. The average Bonchev–Trinajstić information content (AvgIpc) is 2.46. The van der Waals surface area contributed by atoms with E-state index in [9.17, 15) is 4.79 Å². The molecule has 5 nitrogen and oxygen atoms in total. The number of carbonyl (C=O) groups excluding carboxylic acids is 1. The van der Waals surface area contributed by atoms with Crippen LogP contribution in [0.4, 0.5) is 11.4 Å². The Labute approximate surface area is 123 Å². The maximum absolute atomic E-state index is 12.1. The number of amides is 1. The van der Waals surface area contributed by atoms with Crippen molar-refractivity contribution in [3.8, 4) is 11.5 Å². The van der Waals surface area contributed by atoms with Gasteiger partial charge in [0.25, 0.3) is 0 Å². The number of nitrogens with one attached hydrogen (secondary N) is 1. The molecule has 5 heteroatoms. The molecule has 110 valence electrons. The molecular weight excluding hydrogens is 268 g/mol. The van der Waals surface area contributed by atoms with Gasteiger partial charge in [0.05, 0.1) is 20.6 Å². The van der Waals surface area contributed by atoms with E-state index in [4.69, 9.17) is 15.2 Å². The summed E-state index contributed by atoms with van der Waals surface area (Å²) in [4.78, 5) is 12.1. The van der Waals surface area contributed by atoms with E-state index in [1.54, 1.807) is 44.6 Å². The number of nitrogens with two attached hydrogens (primary N) is 1. The fourth-order valence-corrected chi connectivity index (χ4v) is 1.97. The molecular formula is C16H18N2O3. The lowest BCUT2D eigenvalue weighted by atomic mass is 10.1. The molecule has 0 atom stereocenters. The van der Waals surface area contributed by atoms with Crippen LogP contribution in [0.1, 0.15) is 5.56 Å². The molecule has 0 heterocycles. The summed E-state index contributed by atoms with van der Waals surface area (Å²) in [6.45, 7) is 0. The molecule has 0 aliphatic rings. The summed E-state index contributed by atoms with van der Waals surface area (Å²) >= 11 is 0. The molecule has 0 radical (unpaired) electrons. The number of anilines is 2. The Hall–Kier alpha value is -2.69. The van der Waals surface area contributed by atoms with Crippen molar-refractivity contribution in [1.82, 2.24) is 0 Å². The number of hydrogen-bond donors (Lipinski definition) is 2. The number of rotatable bonds is 5. The topological polar surface area (TPSA) is 73.6 Å². The Bertz CT molecular complexity index is 619. The zero-order valence-corrected chi connectivity index (χ0v) is 12.1. The number of benzene rings is 2. The second-order valence-corrected chi connectivity index (χ2v) is 4.57. The van der Waals surface area contributed by atoms with Gasteiger partial charge < -0.3 is 20.5 Å². The highest BCUT2D eigenvalue weighted by Gasteiger charge is 2.07. The molecule has 0 aliphatic heterocycles. The summed E-state index contributed by atoms with van der Waals surface area (Å²) in [5.41, 5.74) is 7.83. The van der Waals surface area contributed by atoms with E-state index in [0.29, 0.717) is 22.9 Å². The van der Waals surface area contributed by atoms with Gasteiger partial charge in [0.2, 0.25) is 5.91 Å². The van der Waals surface area contributed by atoms with Crippen LogP contribution in [0.2, 0.25) is 0 Å². The van der Waals surface area contributed by atoms with E-state index in [-0.39, 0.29) is 12.3 Å². The van der Waals surface area contributed by atoms with Crippen LogP contribution < -0.4 is 20.5 Å². The maximum atomic E-state index is 12.1. The minimum absolute atomic E-state index is 0.129. The van der Waals surface area contributed by atoms with E-state index in [0.717, 1.165) is 5.56 Å². The number of methoxy groups -OCH3 is 2. The van der Waals surface area contributed by atoms with Gasteiger partial charge in [-0.05, 0) is 17.7 Å². The van der Waals surface area contributed by atoms with Gasteiger partial charge in [0.15, 0.2) is 0 Å². The standard InChI is InChI=1S/C16H18N2O3/c1-20-14-8-13(9-15(10-14)21-2)18-16(19)7-11-4-3-5-12(17)6-11/h3-6,8-10H,7,17H2,1-2H3,(H,18,19). The third kappa shape index (κ3) is 4.14. The predicted molar refractivity (Wildman–Crippen MR) is 82.7 cm³/mol. The minimum Gasteiger partial charge on any atom is -0.497 e. The van der Waals surface area contributed by atoms with Gasteiger partial charge >= 0.3 is 0 Å². The summed E-state index contributed by atoms with van der Waals surface area (Å²) < 4.78 is 10.3. The van der Waals surface area contributed by atoms with E-state index in [2.05, 4.69) is 5.32 Å². The molecule has 0 saturated heterocycles. The molecule has 0 unspecified atom stereocenters. The van der Waals surface area contributed by atoms with Crippen LogP contribution >= 0.6 is 0 Å². The van der Waals surface area contributed by atoms with Crippen molar-refractivity contribution in [3.63, 3.8) is 0 Å². The molecule has 2 aromatic rings. The molecule has 0 saturated carbocycles. The Balaban J connectivity index is 2.08. The van der Waals surface area contributed by atoms with Crippen molar-refractivity contribution in [3.05, 3.63) is 48.0 Å². The maximum Gasteiger partial charge on any atom is 0.228 e. The van der Waals surface area contributed by atoms with Crippen LogP contribution in [-0.2, 0) is 11.2 Å². The van der Waals surface area contributed by atoms with Crippen molar-refractivity contribution < 1.29 is 14.3 Å². The normalized spacial score (nSPS) is 10.0. The van der Waals surface area contributed by atoms with Gasteiger partial charge in [-0.25, -0.2) is 0 Å². The zero-order valence-electron chi connectivity index (χ0n) is 12.1. The summed E-state index contributed by atoms with van der Waals surface area (Å²) in [5.74, 6) is 1.11. The highest BCUT2D eigenvalue weighted by atomic mass is 16.5. The van der Waals surface area contributed by atoms with Crippen molar-refractivity contribution >= 4 is 17.3 Å². The Morgan fingerprint density at radius 1 is 1.10 bits per heavy atom. The molecule has 3 N–H and O–H groups in total. The molecule has 2 aromatic carbocycles.